The predicted molar refractivity (Wildman–Crippen MR) is 118 cm³/mol. The van der Waals surface area contributed by atoms with Crippen LogP contribution in [0.3, 0.4) is 0 Å². The van der Waals surface area contributed by atoms with Crippen molar-refractivity contribution in [2.24, 2.45) is 7.05 Å². The molecule has 0 saturated carbocycles. The number of hydrogen-bond donors (Lipinski definition) is 3. The van der Waals surface area contributed by atoms with E-state index >= 15 is 0 Å². The summed E-state index contributed by atoms with van der Waals surface area (Å²) in [5.74, 6) is 1.09. The summed E-state index contributed by atoms with van der Waals surface area (Å²) in [5, 5.41) is 20.6. The van der Waals surface area contributed by atoms with Crippen LogP contribution in [0.2, 0.25) is 0 Å². The Morgan fingerprint density at radius 3 is 2.73 bits per heavy atom. The van der Waals surface area contributed by atoms with Crippen LogP contribution in [0.1, 0.15) is 31.2 Å². The molecule has 152 valence electrons. The molecule has 0 aliphatic carbocycles. The molecule has 4 N–H and O–H groups in total. The number of nitrogen functional groups attached to an aromatic ring is 1. The van der Waals surface area contributed by atoms with Gasteiger partial charge in [0.1, 0.15) is 5.52 Å². The molecule has 5 rings (SSSR count). The number of fused-ring (bicyclic) bond motifs is 2. The third kappa shape index (κ3) is 2.78. The molecule has 0 amide bonds. The SMILES string of the molecule is Cc1nn(C)cc1Nc1nc(N)c2c(-c3cccc4[nH]ncc34)cc(C(C)C)n2n1. The van der Waals surface area contributed by atoms with Gasteiger partial charge in [-0.1, -0.05) is 26.0 Å². The molecule has 0 fully saturated rings. The standard InChI is InChI=1S/C21H23N9/c1-11(2)18-8-14(13-6-5-7-16-15(13)9-23-26-16)19-20(22)25-21(28-30(18)19)24-17-10-29(4)27-12(17)3/h5-11H,1-4H3,(H,23,26)(H3,22,24,25,28). The first kappa shape index (κ1) is 18.2. The fraction of sp³-hybridized carbons (Fsp3) is 0.238. The van der Waals surface area contributed by atoms with E-state index in [1.54, 1.807) is 4.68 Å². The second-order valence-electron chi connectivity index (χ2n) is 7.78. The zero-order chi connectivity index (χ0) is 21.0. The van der Waals surface area contributed by atoms with Crippen molar-refractivity contribution in [3.05, 3.63) is 48.0 Å². The quantitative estimate of drug-likeness (QED) is 0.422. The van der Waals surface area contributed by atoms with Crippen molar-refractivity contribution in [3.63, 3.8) is 0 Å². The number of rotatable bonds is 4. The molecule has 0 spiro atoms. The number of nitrogens with two attached hydrogens (primary N) is 1. The van der Waals surface area contributed by atoms with Gasteiger partial charge in [-0.3, -0.25) is 9.78 Å². The molecule has 0 atom stereocenters. The minimum atomic E-state index is 0.247. The number of aryl methyl sites for hydroxylation is 2. The molecule has 9 heteroatoms. The van der Waals surface area contributed by atoms with Crippen molar-refractivity contribution in [1.29, 1.82) is 0 Å². The fourth-order valence-corrected chi connectivity index (χ4v) is 3.87. The van der Waals surface area contributed by atoms with E-state index in [1.807, 2.05) is 43.0 Å². The third-order valence-corrected chi connectivity index (χ3v) is 5.29. The first-order valence-electron chi connectivity index (χ1n) is 9.81. The average molecular weight is 401 g/mol. The Balaban J connectivity index is 1.72. The van der Waals surface area contributed by atoms with Crippen molar-refractivity contribution in [2.75, 3.05) is 11.1 Å². The van der Waals surface area contributed by atoms with Crippen LogP contribution in [0.15, 0.2) is 36.7 Å². The van der Waals surface area contributed by atoms with Crippen LogP contribution in [0.25, 0.3) is 27.5 Å². The predicted octanol–water partition coefficient (Wildman–Crippen LogP) is 3.76. The van der Waals surface area contributed by atoms with Crippen molar-refractivity contribution < 1.29 is 0 Å². The maximum atomic E-state index is 6.47. The highest BCUT2D eigenvalue weighted by atomic mass is 15.3. The highest BCUT2D eigenvalue weighted by Gasteiger charge is 2.20. The van der Waals surface area contributed by atoms with Crippen LogP contribution in [0.4, 0.5) is 17.5 Å². The largest absolute Gasteiger partial charge is 0.382 e. The molecule has 0 radical (unpaired) electrons. The van der Waals surface area contributed by atoms with E-state index in [0.717, 1.165) is 44.6 Å². The summed E-state index contributed by atoms with van der Waals surface area (Å²) in [6, 6.07) is 8.23. The van der Waals surface area contributed by atoms with Crippen LogP contribution in [-0.4, -0.2) is 34.6 Å². The van der Waals surface area contributed by atoms with E-state index in [0.29, 0.717) is 11.8 Å². The third-order valence-electron chi connectivity index (χ3n) is 5.29. The molecule has 5 aromatic rings. The summed E-state index contributed by atoms with van der Waals surface area (Å²) in [4.78, 5) is 4.55. The molecular formula is C21H23N9. The Kier molecular flexibility index (Phi) is 3.99. The lowest BCUT2D eigenvalue weighted by Gasteiger charge is -2.10. The molecule has 0 unspecified atom stereocenters. The maximum Gasteiger partial charge on any atom is 0.247 e. The lowest BCUT2D eigenvalue weighted by molar-refractivity contribution is 0.755. The lowest BCUT2D eigenvalue weighted by Crippen LogP contribution is -2.08. The lowest BCUT2D eigenvalue weighted by atomic mass is 10.0. The van der Waals surface area contributed by atoms with Crippen LogP contribution < -0.4 is 11.1 Å². The number of H-pyrrole nitrogens is 1. The first-order chi connectivity index (χ1) is 14.4. The number of aromatic nitrogens is 7. The van der Waals surface area contributed by atoms with Crippen LogP contribution in [0, 0.1) is 6.92 Å². The zero-order valence-electron chi connectivity index (χ0n) is 17.3. The summed E-state index contributed by atoms with van der Waals surface area (Å²) in [6.45, 7) is 6.21. The summed E-state index contributed by atoms with van der Waals surface area (Å²) < 4.78 is 3.65. The molecule has 0 saturated heterocycles. The van der Waals surface area contributed by atoms with Crippen molar-refractivity contribution in [1.82, 2.24) is 34.6 Å². The molecule has 9 nitrogen and oxygen atoms in total. The molecule has 4 aromatic heterocycles. The normalized spacial score (nSPS) is 11.8. The van der Waals surface area contributed by atoms with Crippen molar-refractivity contribution >= 4 is 33.9 Å². The summed E-state index contributed by atoms with van der Waals surface area (Å²) in [6.07, 6.45) is 3.73. The van der Waals surface area contributed by atoms with Gasteiger partial charge >= 0.3 is 0 Å². The van der Waals surface area contributed by atoms with E-state index in [9.17, 15) is 0 Å². The molecule has 1 aromatic carbocycles. The van der Waals surface area contributed by atoms with E-state index in [4.69, 9.17) is 10.8 Å². The number of benzene rings is 1. The van der Waals surface area contributed by atoms with E-state index in [1.165, 1.54) is 0 Å². The zero-order valence-corrected chi connectivity index (χ0v) is 17.3. The Bertz CT molecular complexity index is 1390. The summed E-state index contributed by atoms with van der Waals surface area (Å²) >= 11 is 0. The van der Waals surface area contributed by atoms with Gasteiger partial charge in [-0.05, 0) is 30.5 Å². The van der Waals surface area contributed by atoms with Crippen molar-refractivity contribution in [3.8, 4) is 11.1 Å². The molecule has 4 heterocycles. The number of nitrogens with zero attached hydrogens (tertiary/aromatic N) is 6. The highest BCUT2D eigenvalue weighted by molar-refractivity contribution is 6.01. The molecular weight excluding hydrogens is 378 g/mol. The van der Waals surface area contributed by atoms with Crippen LogP contribution >= 0.6 is 0 Å². The van der Waals surface area contributed by atoms with E-state index in [2.05, 4.69) is 51.6 Å². The Labute approximate surface area is 172 Å². The molecule has 30 heavy (non-hydrogen) atoms. The Hall–Kier alpha value is -3.88. The molecule has 0 bridgehead atoms. The van der Waals surface area contributed by atoms with Gasteiger partial charge in [0.05, 0.1) is 23.1 Å². The van der Waals surface area contributed by atoms with Crippen molar-refractivity contribution in [2.45, 2.75) is 26.7 Å². The summed E-state index contributed by atoms with van der Waals surface area (Å²) in [5.41, 5.74) is 13.0. The van der Waals surface area contributed by atoms with Gasteiger partial charge in [-0.25, -0.2) is 4.52 Å². The van der Waals surface area contributed by atoms with Crippen LogP contribution in [-0.2, 0) is 7.05 Å². The summed E-state index contributed by atoms with van der Waals surface area (Å²) in [7, 11) is 1.88. The topological polar surface area (TPSA) is 115 Å². The van der Waals surface area contributed by atoms with Gasteiger partial charge in [0, 0.05) is 29.9 Å². The second kappa shape index (κ2) is 6.58. The maximum absolute atomic E-state index is 6.47. The number of anilines is 3. The first-order valence-corrected chi connectivity index (χ1v) is 9.81. The number of nitrogens with one attached hydrogen (secondary N) is 2. The van der Waals surface area contributed by atoms with Gasteiger partial charge in [0.25, 0.3) is 0 Å². The van der Waals surface area contributed by atoms with Gasteiger partial charge in [-0.15, -0.1) is 5.10 Å². The monoisotopic (exact) mass is 401 g/mol. The smallest absolute Gasteiger partial charge is 0.247 e. The van der Waals surface area contributed by atoms with Crippen LogP contribution in [0.5, 0.6) is 0 Å². The van der Waals surface area contributed by atoms with Gasteiger partial charge in [-0.2, -0.15) is 15.2 Å². The number of aromatic amines is 1. The Morgan fingerprint density at radius 2 is 2.00 bits per heavy atom. The van der Waals surface area contributed by atoms with E-state index < -0.39 is 0 Å². The van der Waals surface area contributed by atoms with E-state index in [-0.39, 0.29) is 5.92 Å². The van der Waals surface area contributed by atoms with Gasteiger partial charge in [0.2, 0.25) is 5.95 Å². The second-order valence-corrected chi connectivity index (χ2v) is 7.78. The minimum absolute atomic E-state index is 0.247. The minimum Gasteiger partial charge on any atom is -0.382 e. The highest BCUT2D eigenvalue weighted by Crippen LogP contribution is 2.37. The van der Waals surface area contributed by atoms with Gasteiger partial charge in [0.15, 0.2) is 5.82 Å². The molecule has 0 aliphatic heterocycles. The molecule has 0 aliphatic rings. The van der Waals surface area contributed by atoms with Gasteiger partial charge < -0.3 is 11.1 Å². The fourth-order valence-electron chi connectivity index (χ4n) is 3.87. The number of hydrogen-bond acceptors (Lipinski definition) is 6. The Morgan fingerprint density at radius 1 is 1.17 bits per heavy atom. The average Bonchev–Trinajstić information content (AvgIpc) is 3.38.